The summed E-state index contributed by atoms with van der Waals surface area (Å²) in [6.07, 6.45) is 18.0. The van der Waals surface area contributed by atoms with Crippen LogP contribution in [0.25, 0.3) is 17.7 Å². The minimum Gasteiger partial charge on any atom is -0.412 e. The molecular formula is C19H26N2OS. The predicted molar refractivity (Wildman–Crippen MR) is 104 cm³/mol. The fourth-order valence-corrected chi connectivity index (χ4v) is 3.18. The van der Waals surface area contributed by atoms with E-state index in [2.05, 4.69) is 68.3 Å². The Morgan fingerprint density at radius 3 is 2.83 bits per heavy atom. The van der Waals surface area contributed by atoms with Crippen LogP contribution in [0.5, 0.6) is 0 Å². The molecule has 1 aliphatic carbocycles. The Morgan fingerprint density at radius 1 is 1.39 bits per heavy atom. The average Bonchev–Trinajstić information content (AvgIpc) is 2.84. The van der Waals surface area contributed by atoms with Gasteiger partial charge in [-0.1, -0.05) is 44.2 Å². The van der Waals surface area contributed by atoms with E-state index in [1.54, 1.807) is 11.3 Å². The number of rotatable bonds is 5. The lowest BCUT2D eigenvalue weighted by Gasteiger charge is -2.02. The van der Waals surface area contributed by atoms with Crippen LogP contribution in [0.4, 0.5) is 0 Å². The number of hydrogen-bond donors (Lipinski definition) is 0. The number of hydrogen-bond acceptors (Lipinski definition) is 3. The van der Waals surface area contributed by atoms with Gasteiger partial charge in [0.2, 0.25) is 0 Å². The molecule has 0 saturated carbocycles. The van der Waals surface area contributed by atoms with E-state index in [4.69, 9.17) is 4.98 Å². The Kier molecular flexibility index (Phi) is 7.86. The molecule has 1 heterocycles. The van der Waals surface area contributed by atoms with Gasteiger partial charge in [0.15, 0.2) is 0 Å². The first-order valence-electron chi connectivity index (χ1n) is 7.87. The topological polar surface area (TPSA) is 56.8 Å². The third-order valence-corrected chi connectivity index (χ3v) is 4.41. The Bertz CT molecular complexity index is 619. The van der Waals surface area contributed by atoms with Crippen LogP contribution in [0.3, 0.4) is 0 Å². The fourth-order valence-electron chi connectivity index (χ4n) is 2.20. The minimum atomic E-state index is 0. The van der Waals surface area contributed by atoms with Gasteiger partial charge in [0, 0.05) is 5.57 Å². The van der Waals surface area contributed by atoms with Crippen LogP contribution in [0.15, 0.2) is 35.4 Å². The molecule has 23 heavy (non-hydrogen) atoms. The van der Waals surface area contributed by atoms with Crippen LogP contribution in [0.2, 0.25) is 0 Å². The third-order valence-electron chi connectivity index (χ3n) is 3.33. The van der Waals surface area contributed by atoms with E-state index >= 15 is 0 Å². The average molecular weight is 330 g/mol. The van der Waals surface area contributed by atoms with E-state index in [0.717, 1.165) is 22.7 Å². The van der Waals surface area contributed by atoms with Crippen molar-refractivity contribution < 1.29 is 5.48 Å². The highest BCUT2D eigenvalue weighted by Crippen LogP contribution is 2.30. The standard InChI is InChI=1S/C19H24N2S.H2O/c1-5-7-16(13-15(4)20-12-6-2)19-21-17-10-8-14(3)9-11-18(17)22-19;/h5,7-15H,6H2,1-4H3;1H2/b7-5-,16-13+,20-12?;. The zero-order valence-electron chi connectivity index (χ0n) is 14.3. The van der Waals surface area contributed by atoms with Crippen molar-refractivity contribution in [1.29, 1.82) is 0 Å². The summed E-state index contributed by atoms with van der Waals surface area (Å²) in [7, 11) is 0. The second kappa shape index (κ2) is 9.38. The maximum absolute atomic E-state index is 4.81. The van der Waals surface area contributed by atoms with Gasteiger partial charge in [-0.3, -0.25) is 4.99 Å². The highest BCUT2D eigenvalue weighted by Gasteiger charge is 2.12. The molecule has 0 bridgehead atoms. The van der Waals surface area contributed by atoms with Gasteiger partial charge < -0.3 is 5.48 Å². The number of nitrogens with zero attached hydrogens (tertiary/aromatic N) is 2. The van der Waals surface area contributed by atoms with Gasteiger partial charge in [-0.2, -0.15) is 0 Å². The van der Waals surface area contributed by atoms with Gasteiger partial charge in [-0.15, -0.1) is 11.3 Å². The van der Waals surface area contributed by atoms with Gasteiger partial charge in [-0.25, -0.2) is 4.98 Å². The molecule has 0 amide bonds. The molecule has 4 heteroatoms. The van der Waals surface area contributed by atoms with E-state index in [9.17, 15) is 0 Å². The van der Waals surface area contributed by atoms with Gasteiger partial charge >= 0.3 is 0 Å². The van der Waals surface area contributed by atoms with E-state index in [-0.39, 0.29) is 11.5 Å². The quantitative estimate of drug-likeness (QED) is 0.564. The molecule has 0 radical (unpaired) electrons. The molecular weight excluding hydrogens is 304 g/mol. The molecule has 0 fully saturated rings. The molecule has 0 aromatic carbocycles. The van der Waals surface area contributed by atoms with Gasteiger partial charge in [-0.05, 0) is 44.6 Å². The van der Waals surface area contributed by atoms with Crippen molar-refractivity contribution in [2.24, 2.45) is 10.9 Å². The number of fused-ring (bicyclic) bond motifs is 1. The lowest BCUT2D eigenvalue weighted by Crippen LogP contribution is -1.95. The maximum atomic E-state index is 4.81. The summed E-state index contributed by atoms with van der Waals surface area (Å²) in [5.74, 6) is 0.471. The van der Waals surface area contributed by atoms with E-state index in [1.165, 1.54) is 4.88 Å². The first-order chi connectivity index (χ1) is 10.6. The summed E-state index contributed by atoms with van der Waals surface area (Å²) in [4.78, 5) is 10.5. The van der Waals surface area contributed by atoms with Crippen molar-refractivity contribution in [2.75, 3.05) is 0 Å². The summed E-state index contributed by atoms with van der Waals surface area (Å²) in [6, 6.07) is 0.168. The van der Waals surface area contributed by atoms with Gasteiger partial charge in [0.25, 0.3) is 0 Å². The Morgan fingerprint density at radius 2 is 2.13 bits per heavy atom. The SMILES string of the molecule is C/C=C\C(=C/C(C)N=CCC)c1nc2c(s1)C=CC(C)C=C2.O. The largest absolute Gasteiger partial charge is 0.412 e. The summed E-state index contributed by atoms with van der Waals surface area (Å²) >= 11 is 1.74. The lowest BCUT2D eigenvalue weighted by atomic mass is 10.1. The molecule has 2 atom stereocenters. The zero-order chi connectivity index (χ0) is 15.9. The van der Waals surface area contributed by atoms with Crippen LogP contribution in [0, 0.1) is 5.92 Å². The summed E-state index contributed by atoms with van der Waals surface area (Å²) < 4.78 is 0. The summed E-state index contributed by atoms with van der Waals surface area (Å²) in [5.41, 5.74) is 2.22. The lowest BCUT2D eigenvalue weighted by molar-refractivity contribution is 0.824. The van der Waals surface area contributed by atoms with Crippen molar-refractivity contribution >= 4 is 35.3 Å². The second-order valence-electron chi connectivity index (χ2n) is 5.45. The molecule has 2 unspecified atom stereocenters. The fraction of sp³-hybridized carbons (Fsp3) is 0.368. The molecule has 0 spiro atoms. The van der Waals surface area contributed by atoms with E-state index in [0.29, 0.717) is 5.92 Å². The highest BCUT2D eigenvalue weighted by molar-refractivity contribution is 7.13. The second-order valence-corrected chi connectivity index (χ2v) is 6.48. The minimum absolute atomic E-state index is 0. The van der Waals surface area contributed by atoms with Crippen LogP contribution >= 0.6 is 11.3 Å². The van der Waals surface area contributed by atoms with Crippen molar-refractivity contribution in [3.63, 3.8) is 0 Å². The van der Waals surface area contributed by atoms with Crippen LogP contribution < -0.4 is 0 Å². The predicted octanol–water partition coefficient (Wildman–Crippen LogP) is 4.82. The molecule has 2 N–H and O–H groups in total. The van der Waals surface area contributed by atoms with Gasteiger partial charge in [0.05, 0.1) is 16.6 Å². The normalized spacial score (nSPS) is 19.0. The molecule has 1 aliphatic rings. The highest BCUT2D eigenvalue weighted by atomic mass is 32.1. The number of aliphatic imine (C=N–C) groups is 1. The molecule has 2 rings (SSSR count). The summed E-state index contributed by atoms with van der Waals surface area (Å²) in [6.45, 7) is 8.43. The Hall–Kier alpha value is -1.78. The van der Waals surface area contributed by atoms with E-state index in [1.807, 2.05) is 13.1 Å². The van der Waals surface area contributed by atoms with Gasteiger partial charge in [0.1, 0.15) is 5.01 Å². The zero-order valence-corrected chi connectivity index (χ0v) is 15.1. The van der Waals surface area contributed by atoms with Crippen molar-refractivity contribution in [1.82, 2.24) is 4.98 Å². The van der Waals surface area contributed by atoms with Crippen LogP contribution in [0.1, 0.15) is 49.7 Å². The first kappa shape index (κ1) is 19.3. The Labute approximate surface area is 143 Å². The molecule has 1 aromatic heterocycles. The maximum Gasteiger partial charge on any atom is 0.124 e. The molecule has 1 aromatic rings. The monoisotopic (exact) mass is 330 g/mol. The number of allylic oxidation sites excluding steroid dienone is 5. The Balaban J connectivity index is 0.00000264. The molecule has 0 aliphatic heterocycles. The van der Waals surface area contributed by atoms with E-state index < -0.39 is 0 Å². The molecule has 0 saturated heterocycles. The number of thiazole rings is 1. The first-order valence-corrected chi connectivity index (χ1v) is 8.69. The van der Waals surface area contributed by atoms with Crippen molar-refractivity contribution in [2.45, 2.75) is 40.2 Å². The number of aromatic nitrogens is 1. The van der Waals surface area contributed by atoms with Crippen molar-refractivity contribution in [3.05, 3.63) is 46.0 Å². The molecule has 3 nitrogen and oxygen atoms in total. The molecule has 124 valence electrons. The van der Waals surface area contributed by atoms with Crippen molar-refractivity contribution in [3.8, 4) is 0 Å². The smallest absolute Gasteiger partial charge is 0.124 e. The van der Waals surface area contributed by atoms with Crippen LogP contribution in [-0.4, -0.2) is 22.7 Å². The van der Waals surface area contributed by atoms with Crippen LogP contribution in [-0.2, 0) is 0 Å². The summed E-state index contributed by atoms with van der Waals surface area (Å²) in [5, 5.41) is 1.06. The third kappa shape index (κ3) is 5.41.